The van der Waals surface area contributed by atoms with Gasteiger partial charge in [0.15, 0.2) is 7.28 Å². The van der Waals surface area contributed by atoms with E-state index in [4.69, 9.17) is 0 Å². The van der Waals surface area contributed by atoms with Gasteiger partial charge in [0, 0.05) is 0 Å². The summed E-state index contributed by atoms with van der Waals surface area (Å²) >= 11 is 0. The van der Waals surface area contributed by atoms with E-state index >= 15 is 0 Å². The van der Waals surface area contributed by atoms with Gasteiger partial charge in [-0.15, -0.1) is 0 Å². The minimum atomic E-state index is 1.21. The molecule has 0 spiro atoms. The van der Waals surface area contributed by atoms with E-state index in [9.17, 15) is 0 Å². The molecule has 0 amide bonds. The van der Waals surface area contributed by atoms with E-state index in [1.54, 1.807) is 0 Å². The highest BCUT2D eigenvalue weighted by molar-refractivity contribution is 7.49. The second kappa shape index (κ2) is 3.35. The maximum absolute atomic E-state index is 3.85. The van der Waals surface area contributed by atoms with Crippen LogP contribution in [0.4, 0.5) is 0 Å². The molecule has 9 heavy (non-hydrogen) atoms. The fourth-order valence-corrected chi connectivity index (χ4v) is 2.70. The number of hydrogen-bond donors (Lipinski definition) is 0. The van der Waals surface area contributed by atoms with Crippen LogP contribution < -0.4 is 0 Å². The molecule has 0 aromatic rings. The molecular weight excluding hydrogens is 145 g/mol. The van der Waals surface area contributed by atoms with E-state index in [2.05, 4.69) is 12.6 Å². The van der Waals surface area contributed by atoms with Gasteiger partial charge in [-0.05, 0) is 11.7 Å². The van der Waals surface area contributed by atoms with Crippen molar-refractivity contribution in [2.24, 2.45) is 0 Å². The molecular formula is C6H9BP2. The van der Waals surface area contributed by atoms with E-state index in [0.717, 1.165) is 0 Å². The Morgan fingerprint density at radius 1 is 1.33 bits per heavy atom. The maximum atomic E-state index is 3.85. The van der Waals surface area contributed by atoms with Crippen molar-refractivity contribution in [3.8, 4) is 0 Å². The largest absolute Gasteiger partial charge is 0.164 e. The lowest BCUT2D eigenvalue weighted by atomic mass is 9.79. The molecule has 0 radical (unpaired) electrons. The summed E-state index contributed by atoms with van der Waals surface area (Å²) in [6, 6.07) is 0. The van der Waals surface area contributed by atoms with Crippen molar-refractivity contribution in [1.82, 2.24) is 0 Å². The molecule has 0 unspecified atom stereocenters. The molecule has 3 heteroatoms. The van der Waals surface area contributed by atoms with E-state index in [0.29, 0.717) is 0 Å². The fourth-order valence-electron chi connectivity index (χ4n) is 1.05. The minimum absolute atomic E-state index is 1.21. The first-order chi connectivity index (χ1) is 4.38. The fraction of sp³-hybridized carbons (Fsp3) is 0.333. The molecule has 1 rings (SSSR count). The summed E-state index contributed by atoms with van der Waals surface area (Å²) in [5, 5.41) is 3.07. The molecule has 46 valence electrons. The van der Waals surface area contributed by atoms with Gasteiger partial charge in [-0.3, -0.25) is 0 Å². The molecule has 0 aromatic heterocycles. The summed E-state index contributed by atoms with van der Waals surface area (Å²) in [7, 11) is 3.70. The molecule has 0 fully saturated rings. The van der Waals surface area contributed by atoms with Crippen molar-refractivity contribution in [3.63, 3.8) is 0 Å². The Hall–Kier alpha value is 0.145. The quantitative estimate of drug-likeness (QED) is 0.422. The van der Waals surface area contributed by atoms with Gasteiger partial charge in [0.25, 0.3) is 0 Å². The molecule has 1 aliphatic rings. The van der Waals surface area contributed by atoms with Gasteiger partial charge in [0.2, 0.25) is 0 Å². The highest BCUT2D eigenvalue weighted by atomic mass is 31.1. The van der Waals surface area contributed by atoms with E-state index in [1.165, 1.54) is 47.0 Å². The summed E-state index contributed by atoms with van der Waals surface area (Å²) in [6.07, 6.45) is 10.3. The van der Waals surface area contributed by atoms with Crippen molar-refractivity contribution in [3.05, 3.63) is 10.5 Å². The zero-order valence-electron chi connectivity index (χ0n) is 5.43. The Bertz CT molecular complexity index is 154. The number of rotatable bonds is 2. The Morgan fingerprint density at radius 3 is 2.56 bits per heavy atom. The highest BCUT2D eigenvalue weighted by Crippen LogP contribution is 2.33. The standard InChI is InChI=1S/C6H9BP2/c1-8-5-3-4-7-6(5)9-2/h7H,1-4H2. The first-order valence-electron chi connectivity index (χ1n) is 3.04. The molecule has 0 saturated carbocycles. The van der Waals surface area contributed by atoms with Crippen LogP contribution in [0.25, 0.3) is 0 Å². The van der Waals surface area contributed by atoms with Gasteiger partial charge in [-0.2, -0.15) is 0 Å². The van der Waals surface area contributed by atoms with Crippen LogP contribution in [0.15, 0.2) is 10.5 Å². The normalized spacial score (nSPS) is 19.1. The number of hydrogen-bond acceptors (Lipinski definition) is 0. The van der Waals surface area contributed by atoms with Crippen LogP contribution in [0.3, 0.4) is 0 Å². The predicted octanol–water partition coefficient (Wildman–Crippen LogP) is 2.17. The zero-order valence-corrected chi connectivity index (χ0v) is 7.22. The van der Waals surface area contributed by atoms with E-state index in [-0.39, 0.29) is 0 Å². The molecule has 0 bridgehead atoms. The van der Waals surface area contributed by atoms with Gasteiger partial charge in [0.1, 0.15) is 0 Å². The van der Waals surface area contributed by atoms with E-state index < -0.39 is 0 Å². The first-order valence-corrected chi connectivity index (χ1v) is 5.20. The van der Waals surface area contributed by atoms with Gasteiger partial charge < -0.3 is 0 Å². The molecule has 0 aromatic carbocycles. The van der Waals surface area contributed by atoms with Crippen molar-refractivity contribution in [2.75, 3.05) is 0 Å². The monoisotopic (exact) mass is 154 g/mol. The van der Waals surface area contributed by atoms with Gasteiger partial charge >= 0.3 is 0 Å². The second-order valence-corrected chi connectivity index (χ2v) is 3.78. The molecule has 0 saturated heterocycles. The Balaban J connectivity index is 2.81. The van der Waals surface area contributed by atoms with Gasteiger partial charge in [-0.1, -0.05) is 40.5 Å². The molecule has 1 heterocycles. The van der Waals surface area contributed by atoms with Crippen LogP contribution in [0, 0.1) is 0 Å². The Kier molecular flexibility index (Phi) is 2.70. The predicted molar refractivity (Wildman–Crippen MR) is 51.7 cm³/mol. The first kappa shape index (κ1) is 7.25. The third-order valence-electron chi connectivity index (χ3n) is 1.54. The lowest BCUT2D eigenvalue weighted by Gasteiger charge is -1.90. The van der Waals surface area contributed by atoms with Crippen molar-refractivity contribution in [1.29, 1.82) is 0 Å². The summed E-state index contributed by atoms with van der Waals surface area (Å²) in [6.45, 7) is 0. The summed E-state index contributed by atoms with van der Waals surface area (Å²) in [5.74, 6) is 0. The molecule has 0 N–H and O–H groups in total. The average molecular weight is 154 g/mol. The topological polar surface area (TPSA) is 0 Å². The zero-order chi connectivity index (χ0) is 6.69. The molecule has 0 atom stereocenters. The van der Waals surface area contributed by atoms with Crippen LogP contribution in [0.1, 0.15) is 6.42 Å². The van der Waals surface area contributed by atoms with Crippen molar-refractivity contribution < 1.29 is 0 Å². The molecule has 0 aliphatic carbocycles. The third-order valence-corrected chi connectivity index (χ3v) is 3.47. The molecule has 1 aliphatic heterocycles. The SMILES string of the molecule is C=PC1=C(P=C)CCB1. The summed E-state index contributed by atoms with van der Waals surface area (Å²) in [4.78, 5) is 0. The number of allylic oxidation sites excluding steroid dienone is 1. The minimum Gasteiger partial charge on any atom is -0.0905 e. The van der Waals surface area contributed by atoms with Crippen molar-refractivity contribution in [2.45, 2.75) is 12.7 Å². The van der Waals surface area contributed by atoms with Crippen molar-refractivity contribution >= 4 is 36.3 Å². The van der Waals surface area contributed by atoms with Crippen LogP contribution >= 0.6 is 16.4 Å². The summed E-state index contributed by atoms with van der Waals surface area (Å²) in [5.41, 5.74) is 0. The van der Waals surface area contributed by atoms with Crippen LogP contribution in [0.2, 0.25) is 6.32 Å². The second-order valence-electron chi connectivity index (χ2n) is 2.06. The molecule has 0 nitrogen and oxygen atoms in total. The van der Waals surface area contributed by atoms with Gasteiger partial charge in [0.05, 0.1) is 0 Å². The average Bonchev–Trinajstić information content (AvgIpc) is 2.33. The van der Waals surface area contributed by atoms with Crippen LogP contribution in [0.5, 0.6) is 0 Å². The summed E-state index contributed by atoms with van der Waals surface area (Å²) < 4.78 is 0. The van der Waals surface area contributed by atoms with Crippen LogP contribution in [-0.4, -0.2) is 19.9 Å². The lowest BCUT2D eigenvalue weighted by Crippen LogP contribution is -1.77. The van der Waals surface area contributed by atoms with Crippen LogP contribution in [-0.2, 0) is 0 Å². The third kappa shape index (κ3) is 1.54. The Morgan fingerprint density at radius 2 is 2.11 bits per heavy atom. The van der Waals surface area contributed by atoms with E-state index in [1.807, 2.05) is 0 Å². The van der Waals surface area contributed by atoms with Gasteiger partial charge in [-0.25, -0.2) is 0 Å². The highest BCUT2D eigenvalue weighted by Gasteiger charge is 2.10. The maximum Gasteiger partial charge on any atom is 0.164 e. The smallest absolute Gasteiger partial charge is 0.0905 e. The lowest BCUT2D eigenvalue weighted by molar-refractivity contribution is 1.22. The Labute approximate surface area is 60.2 Å².